The zero-order valence-electron chi connectivity index (χ0n) is 12.1. The van der Waals surface area contributed by atoms with Crippen molar-refractivity contribution in [2.75, 3.05) is 33.4 Å². The summed E-state index contributed by atoms with van der Waals surface area (Å²) in [5.41, 5.74) is 0. The van der Waals surface area contributed by atoms with Crippen LogP contribution in [0.1, 0.15) is 26.7 Å². The lowest BCUT2D eigenvalue weighted by molar-refractivity contribution is -0.144. The van der Waals surface area contributed by atoms with E-state index in [0.29, 0.717) is 12.5 Å². The molecule has 1 aliphatic heterocycles. The fraction of sp³-hybridized carbons (Fsp3) is 0.846. The van der Waals surface area contributed by atoms with E-state index in [9.17, 15) is 4.79 Å². The number of hydrogen-bond acceptors (Lipinski definition) is 4. The van der Waals surface area contributed by atoms with Crippen LogP contribution in [-0.4, -0.2) is 51.4 Å². The molecule has 2 unspecified atom stereocenters. The highest BCUT2D eigenvalue weighted by Gasteiger charge is 2.16. The van der Waals surface area contributed by atoms with Gasteiger partial charge in [0.25, 0.3) is 0 Å². The molecule has 0 saturated carbocycles. The Balaban J connectivity index is 2.38. The third-order valence-electron chi connectivity index (χ3n) is 2.99. The highest BCUT2D eigenvalue weighted by Crippen LogP contribution is 2.10. The Labute approximate surface area is 114 Å². The standard InChI is InChI=1S/C13H25N3O3/c1-4-14-13(15-8-10(2)12(17)18-3)16-9-11-6-5-7-19-11/h10-11H,4-9H2,1-3H3,(H2,14,15,16). The van der Waals surface area contributed by atoms with Crippen molar-refractivity contribution in [1.29, 1.82) is 0 Å². The first-order valence-corrected chi connectivity index (χ1v) is 6.89. The summed E-state index contributed by atoms with van der Waals surface area (Å²) in [5, 5.41) is 6.39. The van der Waals surface area contributed by atoms with E-state index < -0.39 is 0 Å². The molecule has 0 aromatic heterocycles. The summed E-state index contributed by atoms with van der Waals surface area (Å²) in [6.07, 6.45) is 2.48. The summed E-state index contributed by atoms with van der Waals surface area (Å²) in [6, 6.07) is 0. The van der Waals surface area contributed by atoms with Crippen LogP contribution in [0.15, 0.2) is 4.99 Å². The van der Waals surface area contributed by atoms with Gasteiger partial charge in [-0.05, 0) is 19.8 Å². The molecule has 0 aromatic carbocycles. The molecule has 0 radical (unpaired) electrons. The minimum absolute atomic E-state index is 0.233. The third kappa shape index (κ3) is 5.92. The minimum atomic E-state index is -0.237. The Morgan fingerprint density at radius 1 is 1.53 bits per heavy atom. The van der Waals surface area contributed by atoms with E-state index in [1.807, 2.05) is 6.92 Å². The molecule has 0 spiro atoms. The SMILES string of the molecule is CCNC(=NCC(C)C(=O)OC)NCC1CCCO1. The molecule has 2 atom stereocenters. The van der Waals surface area contributed by atoms with Crippen LogP contribution >= 0.6 is 0 Å². The Kier molecular flexibility index (Phi) is 7.25. The second kappa shape index (κ2) is 8.74. The van der Waals surface area contributed by atoms with Gasteiger partial charge in [0.2, 0.25) is 0 Å². The van der Waals surface area contributed by atoms with E-state index in [-0.39, 0.29) is 18.0 Å². The molecule has 2 N–H and O–H groups in total. The molecule has 0 bridgehead atoms. The van der Waals surface area contributed by atoms with Gasteiger partial charge in [0.15, 0.2) is 5.96 Å². The molecule has 1 aliphatic rings. The van der Waals surface area contributed by atoms with E-state index in [1.54, 1.807) is 6.92 Å². The average molecular weight is 271 g/mol. The number of aliphatic imine (C=N–C) groups is 1. The van der Waals surface area contributed by atoms with Crippen molar-refractivity contribution >= 4 is 11.9 Å². The molecule has 0 aromatic rings. The van der Waals surface area contributed by atoms with Gasteiger partial charge in [-0.15, -0.1) is 0 Å². The summed E-state index contributed by atoms with van der Waals surface area (Å²) in [6.45, 7) is 6.60. The number of rotatable bonds is 6. The molecule has 19 heavy (non-hydrogen) atoms. The number of methoxy groups -OCH3 is 1. The molecule has 110 valence electrons. The van der Waals surface area contributed by atoms with Crippen molar-refractivity contribution < 1.29 is 14.3 Å². The Bertz CT molecular complexity index is 302. The first kappa shape index (κ1) is 15.8. The average Bonchev–Trinajstić information content (AvgIpc) is 2.93. The van der Waals surface area contributed by atoms with Crippen LogP contribution in [0, 0.1) is 5.92 Å². The van der Waals surface area contributed by atoms with E-state index in [4.69, 9.17) is 4.74 Å². The lowest BCUT2D eigenvalue weighted by Gasteiger charge is -2.15. The summed E-state index contributed by atoms with van der Waals surface area (Å²) in [7, 11) is 1.39. The number of hydrogen-bond donors (Lipinski definition) is 2. The molecule has 1 fully saturated rings. The summed E-state index contributed by atoms with van der Waals surface area (Å²) < 4.78 is 10.2. The van der Waals surface area contributed by atoms with Crippen molar-refractivity contribution in [1.82, 2.24) is 10.6 Å². The van der Waals surface area contributed by atoms with Gasteiger partial charge in [-0.3, -0.25) is 9.79 Å². The molecular formula is C13H25N3O3. The van der Waals surface area contributed by atoms with Gasteiger partial charge in [0.05, 0.1) is 25.7 Å². The van der Waals surface area contributed by atoms with Crippen molar-refractivity contribution in [3.8, 4) is 0 Å². The summed E-state index contributed by atoms with van der Waals surface area (Å²) >= 11 is 0. The van der Waals surface area contributed by atoms with Gasteiger partial charge in [-0.25, -0.2) is 0 Å². The number of nitrogens with zero attached hydrogens (tertiary/aromatic N) is 1. The van der Waals surface area contributed by atoms with Crippen molar-refractivity contribution in [2.24, 2.45) is 10.9 Å². The van der Waals surface area contributed by atoms with Crippen molar-refractivity contribution in [3.05, 3.63) is 0 Å². The molecule has 0 aliphatic carbocycles. The van der Waals surface area contributed by atoms with Crippen LogP contribution in [0.3, 0.4) is 0 Å². The van der Waals surface area contributed by atoms with Crippen molar-refractivity contribution in [2.45, 2.75) is 32.8 Å². The molecule has 1 heterocycles. The van der Waals surface area contributed by atoms with Crippen LogP contribution in [0.2, 0.25) is 0 Å². The number of carbonyl (C=O) groups is 1. The first-order chi connectivity index (χ1) is 9.17. The zero-order chi connectivity index (χ0) is 14.1. The summed E-state index contributed by atoms with van der Waals surface area (Å²) in [5.74, 6) is 0.246. The topological polar surface area (TPSA) is 72.0 Å². The fourth-order valence-corrected chi connectivity index (χ4v) is 1.86. The molecule has 1 rings (SSSR count). The van der Waals surface area contributed by atoms with Crippen molar-refractivity contribution in [3.63, 3.8) is 0 Å². The monoisotopic (exact) mass is 271 g/mol. The van der Waals surface area contributed by atoms with Crippen LogP contribution in [0.25, 0.3) is 0 Å². The van der Waals surface area contributed by atoms with E-state index in [1.165, 1.54) is 7.11 Å². The first-order valence-electron chi connectivity index (χ1n) is 6.89. The lowest BCUT2D eigenvalue weighted by Crippen LogP contribution is -2.41. The second-order valence-electron chi connectivity index (χ2n) is 4.66. The number of guanidine groups is 1. The van der Waals surface area contributed by atoms with Crippen LogP contribution in [0.4, 0.5) is 0 Å². The Morgan fingerprint density at radius 2 is 2.32 bits per heavy atom. The smallest absolute Gasteiger partial charge is 0.310 e. The third-order valence-corrected chi connectivity index (χ3v) is 2.99. The molecule has 0 amide bonds. The normalized spacial score (nSPS) is 21.0. The highest BCUT2D eigenvalue weighted by molar-refractivity contribution is 5.80. The Hall–Kier alpha value is -1.30. The van der Waals surface area contributed by atoms with Gasteiger partial charge < -0.3 is 20.1 Å². The maximum Gasteiger partial charge on any atom is 0.310 e. The van der Waals surface area contributed by atoms with E-state index in [2.05, 4.69) is 20.4 Å². The number of esters is 1. The number of nitrogens with one attached hydrogen (secondary N) is 2. The second-order valence-corrected chi connectivity index (χ2v) is 4.66. The van der Waals surface area contributed by atoms with Gasteiger partial charge in [-0.1, -0.05) is 6.92 Å². The Morgan fingerprint density at radius 3 is 2.89 bits per heavy atom. The maximum absolute atomic E-state index is 11.3. The largest absolute Gasteiger partial charge is 0.469 e. The van der Waals surface area contributed by atoms with E-state index in [0.717, 1.165) is 32.5 Å². The molecule has 6 nitrogen and oxygen atoms in total. The maximum atomic E-state index is 11.3. The minimum Gasteiger partial charge on any atom is -0.469 e. The fourth-order valence-electron chi connectivity index (χ4n) is 1.86. The number of carbonyl (C=O) groups excluding carboxylic acids is 1. The molecule has 6 heteroatoms. The van der Waals surface area contributed by atoms with Gasteiger partial charge in [-0.2, -0.15) is 0 Å². The predicted molar refractivity (Wildman–Crippen MR) is 74.1 cm³/mol. The van der Waals surface area contributed by atoms with Crippen LogP contribution in [0.5, 0.6) is 0 Å². The highest BCUT2D eigenvalue weighted by atomic mass is 16.5. The van der Waals surface area contributed by atoms with Gasteiger partial charge >= 0.3 is 5.97 Å². The lowest BCUT2D eigenvalue weighted by atomic mass is 10.2. The predicted octanol–water partition coefficient (Wildman–Crippen LogP) is 0.530. The van der Waals surface area contributed by atoms with E-state index >= 15 is 0 Å². The van der Waals surface area contributed by atoms with Gasteiger partial charge in [0.1, 0.15) is 0 Å². The van der Waals surface area contributed by atoms with Crippen LogP contribution in [-0.2, 0) is 14.3 Å². The summed E-state index contributed by atoms with van der Waals surface area (Å²) in [4.78, 5) is 15.7. The van der Waals surface area contributed by atoms with Gasteiger partial charge in [0, 0.05) is 19.7 Å². The zero-order valence-corrected chi connectivity index (χ0v) is 12.1. The molecule has 1 saturated heterocycles. The quantitative estimate of drug-likeness (QED) is 0.419. The van der Waals surface area contributed by atoms with Crippen LogP contribution < -0.4 is 10.6 Å². The number of ether oxygens (including phenoxy) is 2. The molecular weight excluding hydrogens is 246 g/mol.